The highest BCUT2D eigenvalue weighted by molar-refractivity contribution is 6.08. The number of ether oxygens (including phenoxy) is 1. The topological polar surface area (TPSA) is 81.8 Å². The highest BCUT2D eigenvalue weighted by Gasteiger charge is 2.53. The summed E-state index contributed by atoms with van der Waals surface area (Å²) in [4.78, 5) is 39.2. The van der Waals surface area contributed by atoms with Crippen molar-refractivity contribution in [1.29, 1.82) is 0 Å². The molecule has 1 aromatic heterocycles. The van der Waals surface area contributed by atoms with Gasteiger partial charge in [0.15, 0.2) is 0 Å². The smallest absolute Gasteiger partial charge is 0.255 e. The summed E-state index contributed by atoms with van der Waals surface area (Å²) in [7, 11) is 5.60. The molecule has 1 aliphatic carbocycles. The molecule has 5 rings (SSSR count). The molecule has 0 atom stereocenters. The fourth-order valence-electron chi connectivity index (χ4n) is 5.58. The fraction of sp³-hybridized carbons (Fsp3) is 0.560. The maximum atomic E-state index is 15.4. The zero-order valence-electron chi connectivity index (χ0n) is 20.1. The minimum atomic E-state index is -0.901. The van der Waals surface area contributed by atoms with Crippen LogP contribution in [0.15, 0.2) is 16.9 Å². The van der Waals surface area contributed by atoms with Gasteiger partial charge in [-0.3, -0.25) is 14.6 Å². The Morgan fingerprint density at radius 3 is 2.65 bits per heavy atom. The zero-order valence-corrected chi connectivity index (χ0v) is 20.1. The van der Waals surface area contributed by atoms with Crippen molar-refractivity contribution in [3.63, 3.8) is 0 Å². The lowest BCUT2D eigenvalue weighted by Crippen LogP contribution is -2.49. The SMILES string of the molecule is CN(C)CCOc1cc(F)c2c(c1)N(C)C(=O)C21CCN(c2nc3c(c(=O)[nH]2)CCCC3)CC1. The number of carbonyl (C=O) groups is 1. The Labute approximate surface area is 198 Å². The lowest BCUT2D eigenvalue weighted by atomic mass is 9.73. The van der Waals surface area contributed by atoms with Crippen LogP contribution >= 0.6 is 0 Å². The summed E-state index contributed by atoms with van der Waals surface area (Å²) in [6.07, 6.45) is 4.59. The maximum absolute atomic E-state index is 15.4. The average molecular weight is 470 g/mol. The number of anilines is 2. The number of rotatable bonds is 5. The summed E-state index contributed by atoms with van der Waals surface area (Å²) in [5, 5.41) is 0. The number of likely N-dealkylation sites (N-methyl/N-ethyl adjacent to an activating group) is 2. The molecule has 9 heteroatoms. The Balaban J connectivity index is 1.39. The third-order valence-corrected chi connectivity index (χ3v) is 7.50. The van der Waals surface area contributed by atoms with Crippen LogP contribution in [0.4, 0.5) is 16.0 Å². The summed E-state index contributed by atoms with van der Waals surface area (Å²) < 4.78 is 21.2. The van der Waals surface area contributed by atoms with E-state index in [2.05, 4.69) is 4.98 Å². The molecule has 1 spiro atoms. The number of aryl methyl sites for hydroxylation is 1. The Hall–Kier alpha value is -2.94. The van der Waals surface area contributed by atoms with E-state index >= 15 is 4.39 Å². The Bertz CT molecular complexity index is 1170. The minimum absolute atomic E-state index is 0.0603. The third-order valence-electron chi connectivity index (χ3n) is 7.50. The summed E-state index contributed by atoms with van der Waals surface area (Å²) >= 11 is 0. The zero-order chi connectivity index (χ0) is 24.0. The number of benzene rings is 1. The number of nitrogens with zero attached hydrogens (tertiary/aromatic N) is 4. The van der Waals surface area contributed by atoms with Crippen molar-refractivity contribution < 1.29 is 13.9 Å². The monoisotopic (exact) mass is 469 g/mol. The van der Waals surface area contributed by atoms with Gasteiger partial charge in [0.1, 0.15) is 18.2 Å². The second kappa shape index (κ2) is 8.69. The van der Waals surface area contributed by atoms with E-state index in [9.17, 15) is 9.59 Å². The predicted molar refractivity (Wildman–Crippen MR) is 128 cm³/mol. The quantitative estimate of drug-likeness (QED) is 0.724. The van der Waals surface area contributed by atoms with Gasteiger partial charge >= 0.3 is 0 Å². The van der Waals surface area contributed by atoms with Gasteiger partial charge in [-0.25, -0.2) is 9.37 Å². The van der Waals surface area contributed by atoms with Crippen LogP contribution in [0.2, 0.25) is 0 Å². The minimum Gasteiger partial charge on any atom is -0.492 e. The van der Waals surface area contributed by atoms with E-state index in [0.717, 1.165) is 36.9 Å². The van der Waals surface area contributed by atoms with Crippen molar-refractivity contribution in [3.8, 4) is 5.75 Å². The number of fused-ring (bicyclic) bond motifs is 3. The van der Waals surface area contributed by atoms with Gasteiger partial charge in [0.2, 0.25) is 11.9 Å². The first-order chi connectivity index (χ1) is 16.3. The highest BCUT2D eigenvalue weighted by Crippen LogP contribution is 2.50. The molecule has 1 fully saturated rings. The predicted octanol–water partition coefficient (Wildman–Crippen LogP) is 2.24. The molecule has 8 nitrogen and oxygen atoms in total. The second-order valence-electron chi connectivity index (χ2n) is 9.91. The molecule has 0 saturated carbocycles. The van der Waals surface area contributed by atoms with E-state index < -0.39 is 11.2 Å². The third kappa shape index (κ3) is 3.76. The number of aromatic nitrogens is 2. The van der Waals surface area contributed by atoms with Crippen LogP contribution in [-0.4, -0.2) is 68.2 Å². The number of hydrogen-bond donors (Lipinski definition) is 1. The first-order valence-corrected chi connectivity index (χ1v) is 12.1. The molecule has 34 heavy (non-hydrogen) atoms. The molecule has 182 valence electrons. The number of aromatic amines is 1. The molecule has 0 bridgehead atoms. The molecule has 1 N–H and O–H groups in total. The maximum Gasteiger partial charge on any atom is 0.255 e. The van der Waals surface area contributed by atoms with Crippen molar-refractivity contribution in [3.05, 3.63) is 45.1 Å². The Morgan fingerprint density at radius 1 is 1.18 bits per heavy atom. The largest absolute Gasteiger partial charge is 0.492 e. The number of H-pyrrole nitrogens is 1. The van der Waals surface area contributed by atoms with Gasteiger partial charge in [-0.1, -0.05) is 0 Å². The van der Waals surface area contributed by atoms with Gasteiger partial charge in [0, 0.05) is 49.9 Å². The van der Waals surface area contributed by atoms with Crippen LogP contribution in [0.5, 0.6) is 5.75 Å². The van der Waals surface area contributed by atoms with Crippen LogP contribution in [-0.2, 0) is 23.1 Å². The lowest BCUT2D eigenvalue weighted by Gasteiger charge is -2.38. The van der Waals surface area contributed by atoms with E-state index in [1.54, 1.807) is 18.0 Å². The molecule has 0 unspecified atom stereocenters. The van der Waals surface area contributed by atoms with Crippen molar-refractivity contribution in [2.45, 2.75) is 43.9 Å². The van der Waals surface area contributed by atoms with Gasteiger partial charge in [-0.15, -0.1) is 0 Å². The van der Waals surface area contributed by atoms with Crippen molar-refractivity contribution in [2.75, 3.05) is 57.2 Å². The van der Waals surface area contributed by atoms with E-state index in [4.69, 9.17) is 9.72 Å². The van der Waals surface area contributed by atoms with Crippen molar-refractivity contribution >= 4 is 17.5 Å². The van der Waals surface area contributed by atoms with Crippen LogP contribution < -0.4 is 20.1 Å². The average Bonchev–Trinajstić information content (AvgIpc) is 3.01. The second-order valence-corrected chi connectivity index (χ2v) is 9.91. The van der Waals surface area contributed by atoms with E-state index in [0.29, 0.717) is 62.0 Å². The molecule has 2 aliphatic heterocycles. The number of hydrogen-bond acceptors (Lipinski definition) is 6. The van der Waals surface area contributed by atoms with Gasteiger partial charge < -0.3 is 19.4 Å². The van der Waals surface area contributed by atoms with Crippen molar-refractivity contribution in [2.24, 2.45) is 0 Å². The van der Waals surface area contributed by atoms with Crippen LogP contribution in [0.25, 0.3) is 0 Å². The van der Waals surface area contributed by atoms with Gasteiger partial charge in [-0.2, -0.15) is 0 Å². The van der Waals surface area contributed by atoms with Crippen molar-refractivity contribution in [1.82, 2.24) is 14.9 Å². The molecular weight excluding hydrogens is 437 g/mol. The summed E-state index contributed by atoms with van der Waals surface area (Å²) in [6.45, 7) is 2.18. The van der Waals surface area contributed by atoms with Crippen LogP contribution in [0.1, 0.15) is 42.5 Å². The van der Waals surface area contributed by atoms with Gasteiger partial charge in [0.25, 0.3) is 5.56 Å². The van der Waals surface area contributed by atoms with Gasteiger partial charge in [-0.05, 0) is 52.6 Å². The summed E-state index contributed by atoms with van der Waals surface area (Å²) in [5.41, 5.74) is 1.78. The van der Waals surface area contributed by atoms with E-state index in [1.807, 2.05) is 23.9 Å². The molecule has 1 aromatic carbocycles. The molecule has 2 aromatic rings. The highest BCUT2D eigenvalue weighted by atomic mass is 19.1. The number of piperidine rings is 1. The molecule has 0 radical (unpaired) electrons. The Kier molecular flexibility index (Phi) is 5.83. The first-order valence-electron chi connectivity index (χ1n) is 12.1. The van der Waals surface area contributed by atoms with Crippen LogP contribution in [0, 0.1) is 5.82 Å². The molecule has 1 saturated heterocycles. The normalized spacial score (nSPS) is 19.0. The summed E-state index contributed by atoms with van der Waals surface area (Å²) in [6, 6.07) is 3.17. The number of halogens is 1. The Morgan fingerprint density at radius 2 is 1.91 bits per heavy atom. The van der Waals surface area contributed by atoms with E-state index in [-0.39, 0.29) is 11.5 Å². The molecule has 3 aliphatic rings. The molecule has 1 amide bonds. The first kappa shape index (κ1) is 22.8. The molecule has 3 heterocycles. The number of carbonyl (C=O) groups excluding carboxylic acids is 1. The van der Waals surface area contributed by atoms with Crippen LogP contribution in [0.3, 0.4) is 0 Å². The number of amides is 1. The molecular formula is C25H32FN5O3. The standard InChI is InChI=1S/C25H32FN5O3/c1-29(2)12-13-34-16-14-18(26)21-20(15-16)30(3)23(33)25(21)8-10-31(11-9-25)24-27-19-7-5-4-6-17(19)22(32)28-24/h14-15H,4-13H2,1-3H3,(H,27,28,32). The summed E-state index contributed by atoms with van der Waals surface area (Å²) in [5.74, 6) is 0.509. The van der Waals surface area contributed by atoms with Gasteiger partial charge in [0.05, 0.1) is 16.8 Å². The van der Waals surface area contributed by atoms with E-state index in [1.165, 1.54) is 6.07 Å². The number of nitrogens with one attached hydrogen (secondary N) is 1. The lowest BCUT2D eigenvalue weighted by molar-refractivity contribution is -0.123. The fourth-order valence-corrected chi connectivity index (χ4v) is 5.58.